The van der Waals surface area contributed by atoms with E-state index in [0.717, 1.165) is 29.6 Å². The number of rotatable bonds is 4. The van der Waals surface area contributed by atoms with Crippen molar-refractivity contribution < 1.29 is 14.6 Å². The molecule has 1 rings (SSSR count). The van der Waals surface area contributed by atoms with Gasteiger partial charge in [-0.15, -0.1) is 0 Å². The fraction of sp³-hybridized carbons (Fsp3) is 0.588. The van der Waals surface area contributed by atoms with Gasteiger partial charge in [0.2, 0.25) is 0 Å². The molecule has 0 bridgehead atoms. The Morgan fingerprint density at radius 1 is 1.50 bits per heavy atom. The zero-order valence-electron chi connectivity index (χ0n) is 13.2. The van der Waals surface area contributed by atoms with Crippen molar-refractivity contribution in [3.63, 3.8) is 0 Å². The summed E-state index contributed by atoms with van der Waals surface area (Å²) in [5.74, 6) is -0.316. The summed E-state index contributed by atoms with van der Waals surface area (Å²) < 4.78 is 4.88. The lowest BCUT2D eigenvalue weighted by Crippen LogP contribution is -2.27. The summed E-state index contributed by atoms with van der Waals surface area (Å²) in [5, 5.41) is 9.98. The first-order chi connectivity index (χ1) is 9.27. The summed E-state index contributed by atoms with van der Waals surface area (Å²) in [6.07, 6.45) is 6.84. The highest BCUT2D eigenvalue weighted by Gasteiger charge is 2.30. The largest absolute Gasteiger partial charge is 0.463 e. The monoisotopic (exact) mass is 278 g/mol. The summed E-state index contributed by atoms with van der Waals surface area (Å²) >= 11 is 0. The van der Waals surface area contributed by atoms with Gasteiger partial charge in [-0.05, 0) is 55.7 Å². The van der Waals surface area contributed by atoms with Crippen molar-refractivity contribution in [2.75, 3.05) is 6.61 Å². The first-order valence-electron chi connectivity index (χ1n) is 7.20. The van der Waals surface area contributed by atoms with Gasteiger partial charge in [-0.25, -0.2) is 4.79 Å². The maximum absolute atomic E-state index is 11.4. The van der Waals surface area contributed by atoms with Crippen molar-refractivity contribution in [1.82, 2.24) is 0 Å². The van der Waals surface area contributed by atoms with Crippen molar-refractivity contribution in [2.24, 2.45) is 5.41 Å². The Labute approximate surface area is 122 Å². The van der Waals surface area contributed by atoms with Gasteiger partial charge in [0.25, 0.3) is 0 Å². The summed E-state index contributed by atoms with van der Waals surface area (Å²) in [6.45, 7) is 10.4. The Kier molecular flexibility index (Phi) is 5.75. The molecule has 0 saturated heterocycles. The normalized spacial score (nSPS) is 23.3. The minimum atomic E-state index is -0.350. The highest BCUT2D eigenvalue weighted by Crippen LogP contribution is 2.40. The lowest BCUT2D eigenvalue weighted by Gasteiger charge is -2.35. The van der Waals surface area contributed by atoms with Crippen LogP contribution in [0.3, 0.4) is 0 Å². The van der Waals surface area contributed by atoms with Gasteiger partial charge in [0.05, 0.1) is 12.7 Å². The smallest absolute Gasteiger partial charge is 0.330 e. The molecule has 0 saturated carbocycles. The SMILES string of the molecule is CCOC(=O)/C=C(C)\C=C\C1=C(C)C(O)CCC1(C)C. The van der Waals surface area contributed by atoms with E-state index in [1.165, 1.54) is 6.08 Å². The number of carbonyl (C=O) groups excluding carboxylic acids is 1. The highest BCUT2D eigenvalue weighted by molar-refractivity contribution is 5.83. The standard InChI is InChI=1S/C17H26O3/c1-6-20-16(19)11-12(2)7-8-14-13(3)15(18)9-10-17(14,4)5/h7-8,11,15,18H,6,9-10H2,1-5H3/b8-7+,12-11-. The van der Waals surface area contributed by atoms with E-state index in [0.29, 0.717) is 6.61 Å². The Balaban J connectivity index is 2.92. The van der Waals surface area contributed by atoms with Gasteiger partial charge in [0, 0.05) is 6.08 Å². The van der Waals surface area contributed by atoms with Crippen LogP contribution in [0.4, 0.5) is 0 Å². The molecule has 0 spiro atoms. The maximum Gasteiger partial charge on any atom is 0.330 e. The van der Waals surface area contributed by atoms with E-state index in [9.17, 15) is 9.90 Å². The third-order valence-electron chi connectivity index (χ3n) is 3.84. The van der Waals surface area contributed by atoms with Crippen LogP contribution in [0, 0.1) is 5.41 Å². The summed E-state index contributed by atoms with van der Waals surface area (Å²) in [5.41, 5.74) is 3.10. The number of aliphatic hydroxyl groups excluding tert-OH is 1. The van der Waals surface area contributed by atoms with Gasteiger partial charge in [-0.2, -0.15) is 0 Å². The van der Waals surface area contributed by atoms with Crippen LogP contribution in [0.5, 0.6) is 0 Å². The summed E-state index contributed by atoms with van der Waals surface area (Å²) in [6, 6.07) is 0. The van der Waals surface area contributed by atoms with Crippen molar-refractivity contribution in [2.45, 2.75) is 53.6 Å². The van der Waals surface area contributed by atoms with Crippen LogP contribution in [-0.4, -0.2) is 23.8 Å². The molecule has 0 amide bonds. The molecule has 1 unspecified atom stereocenters. The third kappa shape index (κ3) is 4.34. The van der Waals surface area contributed by atoms with Crippen LogP contribution in [-0.2, 0) is 9.53 Å². The number of esters is 1. The van der Waals surface area contributed by atoms with Crippen LogP contribution < -0.4 is 0 Å². The molecule has 0 aromatic heterocycles. The molecular weight excluding hydrogens is 252 g/mol. The van der Waals surface area contributed by atoms with Crippen molar-refractivity contribution in [3.05, 3.63) is 34.9 Å². The highest BCUT2D eigenvalue weighted by atomic mass is 16.5. The summed E-state index contributed by atoms with van der Waals surface area (Å²) in [7, 11) is 0. The van der Waals surface area contributed by atoms with Crippen LogP contribution in [0.1, 0.15) is 47.5 Å². The van der Waals surface area contributed by atoms with Gasteiger partial charge >= 0.3 is 5.97 Å². The molecule has 112 valence electrons. The number of ether oxygens (including phenoxy) is 1. The molecule has 3 nitrogen and oxygen atoms in total. The Bertz CT molecular complexity index is 453. The fourth-order valence-corrected chi connectivity index (χ4v) is 2.55. The number of carbonyl (C=O) groups is 1. The van der Waals surface area contributed by atoms with Crippen LogP contribution >= 0.6 is 0 Å². The van der Waals surface area contributed by atoms with Gasteiger partial charge in [-0.1, -0.05) is 26.0 Å². The van der Waals surface area contributed by atoms with Crippen molar-refractivity contribution >= 4 is 5.97 Å². The third-order valence-corrected chi connectivity index (χ3v) is 3.84. The van der Waals surface area contributed by atoms with Gasteiger partial charge in [-0.3, -0.25) is 0 Å². The van der Waals surface area contributed by atoms with Crippen LogP contribution in [0.2, 0.25) is 0 Å². The van der Waals surface area contributed by atoms with E-state index in [-0.39, 0.29) is 17.5 Å². The maximum atomic E-state index is 11.4. The second-order valence-electron chi connectivity index (χ2n) is 6.01. The van der Waals surface area contributed by atoms with Crippen LogP contribution in [0.25, 0.3) is 0 Å². The lowest BCUT2D eigenvalue weighted by molar-refractivity contribution is -0.137. The van der Waals surface area contributed by atoms with E-state index in [1.54, 1.807) is 6.92 Å². The molecule has 1 N–H and O–H groups in total. The Morgan fingerprint density at radius 2 is 2.15 bits per heavy atom. The van der Waals surface area contributed by atoms with Crippen molar-refractivity contribution in [3.8, 4) is 0 Å². The van der Waals surface area contributed by atoms with E-state index in [1.807, 2.05) is 26.0 Å². The number of aliphatic hydroxyl groups is 1. The number of allylic oxidation sites excluding steroid dienone is 4. The molecule has 0 aliphatic heterocycles. The molecule has 20 heavy (non-hydrogen) atoms. The fourth-order valence-electron chi connectivity index (χ4n) is 2.55. The van der Waals surface area contributed by atoms with E-state index < -0.39 is 0 Å². The zero-order chi connectivity index (χ0) is 15.3. The molecule has 1 aliphatic rings. The molecule has 0 heterocycles. The Hall–Kier alpha value is -1.35. The van der Waals surface area contributed by atoms with E-state index >= 15 is 0 Å². The predicted molar refractivity (Wildman–Crippen MR) is 81.3 cm³/mol. The predicted octanol–water partition coefficient (Wildman–Crippen LogP) is 3.55. The number of hydrogen-bond acceptors (Lipinski definition) is 3. The second kappa shape index (κ2) is 6.89. The molecule has 0 fully saturated rings. The topological polar surface area (TPSA) is 46.5 Å². The van der Waals surface area contributed by atoms with E-state index in [2.05, 4.69) is 13.8 Å². The van der Waals surface area contributed by atoms with Crippen LogP contribution in [0.15, 0.2) is 34.9 Å². The lowest BCUT2D eigenvalue weighted by atomic mass is 9.71. The summed E-state index contributed by atoms with van der Waals surface area (Å²) in [4.78, 5) is 11.4. The molecule has 1 aliphatic carbocycles. The molecule has 0 aromatic carbocycles. The minimum Gasteiger partial charge on any atom is -0.463 e. The average Bonchev–Trinajstić information content (AvgIpc) is 2.34. The quantitative estimate of drug-likeness (QED) is 0.486. The molecule has 3 heteroatoms. The molecule has 1 atom stereocenters. The molecular formula is C17H26O3. The Morgan fingerprint density at radius 3 is 2.75 bits per heavy atom. The zero-order valence-corrected chi connectivity index (χ0v) is 13.2. The molecule has 0 radical (unpaired) electrons. The second-order valence-corrected chi connectivity index (χ2v) is 6.01. The first-order valence-corrected chi connectivity index (χ1v) is 7.20. The molecule has 0 aromatic rings. The first kappa shape index (κ1) is 16.7. The van der Waals surface area contributed by atoms with Gasteiger partial charge in [0.1, 0.15) is 0 Å². The average molecular weight is 278 g/mol. The van der Waals surface area contributed by atoms with E-state index in [4.69, 9.17) is 4.74 Å². The number of hydrogen-bond donors (Lipinski definition) is 1. The van der Waals surface area contributed by atoms with Gasteiger partial charge in [0.15, 0.2) is 0 Å². The van der Waals surface area contributed by atoms with Gasteiger partial charge < -0.3 is 9.84 Å². The van der Waals surface area contributed by atoms with Crippen molar-refractivity contribution in [1.29, 1.82) is 0 Å². The minimum absolute atomic E-state index is 0.0595.